The molecule has 0 aliphatic heterocycles. The van der Waals surface area contributed by atoms with Crippen molar-refractivity contribution in [3.8, 4) is 11.5 Å². The normalized spacial score (nSPS) is 10.5. The topological polar surface area (TPSA) is 114 Å². The molecule has 0 aliphatic carbocycles. The summed E-state index contributed by atoms with van der Waals surface area (Å²) in [6.45, 7) is 1.51. The fraction of sp³-hybridized carbons (Fsp3) is 0.125. The number of hydrogen-bond acceptors (Lipinski definition) is 6. The van der Waals surface area contributed by atoms with Crippen molar-refractivity contribution in [2.24, 2.45) is 5.10 Å². The minimum atomic E-state index is -0.550. The van der Waals surface area contributed by atoms with E-state index >= 15 is 0 Å². The van der Waals surface area contributed by atoms with Crippen LogP contribution in [-0.2, 0) is 4.79 Å². The maximum Gasteiger partial charge on any atom is 0.277 e. The van der Waals surface area contributed by atoms with Gasteiger partial charge in [0.1, 0.15) is 11.5 Å². The number of phenols is 1. The lowest BCUT2D eigenvalue weighted by molar-refractivity contribution is -0.384. The Morgan fingerprint density at radius 1 is 1.38 bits per heavy atom. The second-order valence-electron chi connectivity index (χ2n) is 4.90. The van der Waals surface area contributed by atoms with Crippen LogP contribution in [0.5, 0.6) is 11.5 Å². The average molecular weight is 329 g/mol. The second-order valence-corrected chi connectivity index (χ2v) is 4.90. The van der Waals surface area contributed by atoms with Crippen LogP contribution in [0.25, 0.3) is 0 Å². The summed E-state index contributed by atoms with van der Waals surface area (Å²) in [6, 6.07) is 10.5. The molecule has 0 radical (unpaired) electrons. The molecule has 8 nitrogen and oxygen atoms in total. The van der Waals surface area contributed by atoms with Gasteiger partial charge in [0.15, 0.2) is 6.61 Å². The van der Waals surface area contributed by atoms with Crippen LogP contribution in [0.4, 0.5) is 5.69 Å². The number of aromatic hydroxyl groups is 1. The first-order chi connectivity index (χ1) is 11.5. The monoisotopic (exact) mass is 329 g/mol. The Balaban J connectivity index is 1.87. The molecule has 0 unspecified atom stereocenters. The Morgan fingerprint density at radius 3 is 2.92 bits per heavy atom. The third-order valence-electron chi connectivity index (χ3n) is 2.97. The van der Waals surface area contributed by atoms with E-state index in [4.69, 9.17) is 4.74 Å². The Hall–Kier alpha value is -3.42. The summed E-state index contributed by atoms with van der Waals surface area (Å²) in [5.41, 5.74) is 3.53. The number of benzene rings is 2. The molecule has 0 fully saturated rings. The van der Waals surface area contributed by atoms with Crippen LogP contribution in [0.1, 0.15) is 11.1 Å². The van der Waals surface area contributed by atoms with Crippen LogP contribution < -0.4 is 10.2 Å². The number of non-ortho nitro benzene ring substituents is 1. The number of phenolic OH excluding ortho intramolecular Hbond substituents is 1. The number of aryl methyl sites for hydroxylation is 1. The van der Waals surface area contributed by atoms with E-state index in [0.717, 1.165) is 5.56 Å². The minimum absolute atomic E-state index is 0.0476. The highest BCUT2D eigenvalue weighted by molar-refractivity contribution is 5.85. The lowest BCUT2D eigenvalue weighted by Gasteiger charge is -2.05. The summed E-state index contributed by atoms with van der Waals surface area (Å²) in [6.07, 6.45) is 1.31. The fourth-order valence-electron chi connectivity index (χ4n) is 1.82. The van der Waals surface area contributed by atoms with Crippen molar-refractivity contribution in [1.82, 2.24) is 5.43 Å². The highest BCUT2D eigenvalue weighted by Crippen LogP contribution is 2.19. The van der Waals surface area contributed by atoms with Crippen molar-refractivity contribution in [2.75, 3.05) is 6.61 Å². The number of nitrogens with one attached hydrogen (secondary N) is 1. The lowest BCUT2D eigenvalue weighted by Crippen LogP contribution is -2.24. The predicted octanol–water partition coefficient (Wildman–Crippen LogP) is 2.14. The molecular formula is C16H15N3O5. The Kier molecular flexibility index (Phi) is 5.45. The summed E-state index contributed by atoms with van der Waals surface area (Å²) >= 11 is 0. The van der Waals surface area contributed by atoms with Gasteiger partial charge in [-0.2, -0.15) is 5.10 Å². The van der Waals surface area contributed by atoms with Crippen LogP contribution in [0, 0.1) is 17.0 Å². The molecule has 124 valence electrons. The average Bonchev–Trinajstić information content (AvgIpc) is 2.56. The van der Waals surface area contributed by atoms with Crippen LogP contribution >= 0.6 is 0 Å². The lowest BCUT2D eigenvalue weighted by atomic mass is 10.1. The largest absolute Gasteiger partial charge is 0.507 e. The van der Waals surface area contributed by atoms with Gasteiger partial charge in [-0.3, -0.25) is 14.9 Å². The molecule has 2 rings (SSSR count). The van der Waals surface area contributed by atoms with Crippen LogP contribution in [0.2, 0.25) is 0 Å². The van der Waals surface area contributed by atoms with Crippen molar-refractivity contribution in [1.29, 1.82) is 0 Å². The highest BCUT2D eigenvalue weighted by Gasteiger charge is 2.08. The van der Waals surface area contributed by atoms with Gasteiger partial charge in [0, 0.05) is 11.6 Å². The second kappa shape index (κ2) is 7.73. The molecule has 2 N–H and O–H groups in total. The number of amides is 1. The first-order valence-electron chi connectivity index (χ1n) is 6.94. The van der Waals surface area contributed by atoms with Gasteiger partial charge in [0.2, 0.25) is 0 Å². The van der Waals surface area contributed by atoms with E-state index in [2.05, 4.69) is 10.5 Å². The van der Waals surface area contributed by atoms with Crippen LogP contribution in [0.3, 0.4) is 0 Å². The van der Waals surface area contributed by atoms with E-state index in [-0.39, 0.29) is 23.8 Å². The van der Waals surface area contributed by atoms with Gasteiger partial charge in [-0.05, 0) is 25.1 Å². The van der Waals surface area contributed by atoms with Gasteiger partial charge in [-0.15, -0.1) is 0 Å². The van der Waals surface area contributed by atoms with Crippen molar-refractivity contribution in [2.45, 2.75) is 6.92 Å². The van der Waals surface area contributed by atoms with Crippen LogP contribution in [-0.4, -0.2) is 28.8 Å². The third kappa shape index (κ3) is 4.80. The number of carbonyl (C=O) groups excluding carboxylic acids is 1. The SMILES string of the molecule is Cc1ccc(O)c(/C=N\NC(=O)COc2cccc([N+](=O)[O-])c2)c1. The summed E-state index contributed by atoms with van der Waals surface area (Å²) in [5.74, 6) is -0.281. The molecule has 2 aromatic rings. The molecule has 8 heteroatoms. The molecule has 0 aliphatic rings. The number of carbonyl (C=O) groups is 1. The summed E-state index contributed by atoms with van der Waals surface area (Å²) in [4.78, 5) is 21.7. The number of nitro groups is 1. The number of ether oxygens (including phenoxy) is 1. The maximum atomic E-state index is 11.6. The Morgan fingerprint density at radius 2 is 2.17 bits per heavy atom. The zero-order valence-electron chi connectivity index (χ0n) is 12.8. The Bertz CT molecular complexity index is 789. The van der Waals surface area contributed by atoms with Gasteiger partial charge in [0.05, 0.1) is 17.2 Å². The highest BCUT2D eigenvalue weighted by atomic mass is 16.6. The molecule has 0 saturated heterocycles. The van der Waals surface area contributed by atoms with Gasteiger partial charge >= 0.3 is 0 Å². The third-order valence-corrected chi connectivity index (χ3v) is 2.97. The van der Waals surface area contributed by atoms with Crippen molar-refractivity contribution in [3.05, 3.63) is 63.7 Å². The summed E-state index contributed by atoms with van der Waals surface area (Å²) in [7, 11) is 0. The predicted molar refractivity (Wildman–Crippen MR) is 87.2 cm³/mol. The summed E-state index contributed by atoms with van der Waals surface area (Å²) < 4.78 is 5.16. The number of nitro benzene ring substituents is 1. The van der Waals surface area contributed by atoms with E-state index < -0.39 is 10.8 Å². The number of nitrogens with zero attached hydrogens (tertiary/aromatic N) is 2. The van der Waals surface area contributed by atoms with Crippen molar-refractivity contribution >= 4 is 17.8 Å². The standard InChI is InChI=1S/C16H15N3O5/c1-11-5-6-15(20)12(7-11)9-17-18-16(21)10-24-14-4-2-3-13(8-14)19(22)23/h2-9,20H,10H2,1H3,(H,18,21)/b17-9-. The molecule has 0 spiro atoms. The summed E-state index contributed by atoms with van der Waals surface area (Å²) in [5, 5.41) is 24.0. The van der Waals surface area contributed by atoms with Gasteiger partial charge in [-0.25, -0.2) is 5.43 Å². The van der Waals surface area contributed by atoms with Crippen molar-refractivity contribution in [3.63, 3.8) is 0 Å². The maximum absolute atomic E-state index is 11.6. The first-order valence-corrected chi connectivity index (χ1v) is 6.94. The number of hydrogen-bond donors (Lipinski definition) is 2. The molecular weight excluding hydrogens is 314 g/mol. The fourth-order valence-corrected chi connectivity index (χ4v) is 1.82. The molecule has 2 aromatic carbocycles. The van der Waals surface area contributed by atoms with E-state index in [1.165, 1.54) is 36.5 Å². The van der Waals surface area contributed by atoms with E-state index in [1.807, 2.05) is 6.92 Å². The zero-order chi connectivity index (χ0) is 17.5. The minimum Gasteiger partial charge on any atom is -0.507 e. The molecule has 0 aromatic heterocycles. The van der Waals surface area contributed by atoms with Crippen LogP contribution in [0.15, 0.2) is 47.6 Å². The van der Waals surface area contributed by atoms with Gasteiger partial charge in [0.25, 0.3) is 11.6 Å². The molecule has 0 atom stereocenters. The van der Waals surface area contributed by atoms with Gasteiger partial charge in [-0.1, -0.05) is 17.7 Å². The molecule has 0 bridgehead atoms. The number of hydrazone groups is 1. The zero-order valence-corrected chi connectivity index (χ0v) is 12.8. The molecule has 24 heavy (non-hydrogen) atoms. The molecule has 0 saturated carbocycles. The quantitative estimate of drug-likeness (QED) is 0.479. The number of rotatable bonds is 6. The van der Waals surface area contributed by atoms with E-state index in [9.17, 15) is 20.0 Å². The molecule has 1 amide bonds. The van der Waals surface area contributed by atoms with Crippen molar-refractivity contribution < 1.29 is 19.6 Å². The smallest absolute Gasteiger partial charge is 0.277 e. The van der Waals surface area contributed by atoms with Gasteiger partial charge < -0.3 is 9.84 Å². The van der Waals surface area contributed by atoms with E-state index in [0.29, 0.717) is 5.56 Å². The molecule has 0 heterocycles. The Labute approximate surface area is 137 Å². The first kappa shape index (κ1) is 16.9. The van der Waals surface area contributed by atoms with E-state index in [1.54, 1.807) is 12.1 Å².